The highest BCUT2D eigenvalue weighted by atomic mass is 79.9. The Hall–Kier alpha value is -2.08. The highest BCUT2D eigenvalue weighted by Gasteiger charge is 2.05. The number of hydrogen-bond acceptors (Lipinski definition) is 3. The van der Waals surface area contributed by atoms with E-state index < -0.39 is 5.97 Å². The summed E-state index contributed by atoms with van der Waals surface area (Å²) in [6, 6.07) is 5.32. The second-order valence-electron chi connectivity index (χ2n) is 3.81. The Labute approximate surface area is 118 Å². The minimum Gasteiger partial charge on any atom is -0.478 e. The lowest BCUT2D eigenvalue weighted by molar-refractivity contribution is -0.131. The molecular formula is C13H11BrN2O3. The van der Waals surface area contributed by atoms with Gasteiger partial charge in [0.25, 0.3) is 0 Å². The minimum atomic E-state index is -0.980. The van der Waals surface area contributed by atoms with Crippen molar-refractivity contribution in [2.45, 2.75) is 0 Å². The van der Waals surface area contributed by atoms with Crippen LogP contribution in [-0.2, 0) is 11.8 Å². The monoisotopic (exact) mass is 322 g/mol. The standard InChI is InChI=1S/C13H11BrN2O3/c1-16-8-10(7-15-16)19-12-4-2-9(6-11(12)14)3-5-13(17)18/h2-8H,1H3,(H,17,18)/b5-3+. The Morgan fingerprint density at radius 3 is 2.89 bits per heavy atom. The molecule has 0 saturated heterocycles. The summed E-state index contributed by atoms with van der Waals surface area (Å²) >= 11 is 3.38. The maximum Gasteiger partial charge on any atom is 0.328 e. The van der Waals surface area contributed by atoms with Gasteiger partial charge in [0.15, 0.2) is 5.75 Å². The van der Waals surface area contributed by atoms with E-state index >= 15 is 0 Å². The second kappa shape index (κ2) is 5.71. The summed E-state index contributed by atoms with van der Waals surface area (Å²) in [5.74, 6) is 0.296. The zero-order chi connectivity index (χ0) is 13.8. The number of rotatable bonds is 4. The summed E-state index contributed by atoms with van der Waals surface area (Å²) in [5, 5.41) is 12.6. The van der Waals surface area contributed by atoms with Crippen LogP contribution in [0.4, 0.5) is 0 Å². The van der Waals surface area contributed by atoms with E-state index in [0.29, 0.717) is 11.5 Å². The van der Waals surface area contributed by atoms with Gasteiger partial charge in [-0.2, -0.15) is 5.10 Å². The van der Waals surface area contributed by atoms with Crippen LogP contribution >= 0.6 is 15.9 Å². The van der Waals surface area contributed by atoms with Gasteiger partial charge >= 0.3 is 5.97 Å². The van der Waals surface area contributed by atoms with Crippen molar-refractivity contribution in [1.82, 2.24) is 9.78 Å². The molecule has 1 heterocycles. The van der Waals surface area contributed by atoms with E-state index in [1.165, 1.54) is 6.08 Å². The number of benzene rings is 1. The van der Waals surface area contributed by atoms with Crippen LogP contribution in [-0.4, -0.2) is 20.9 Å². The molecule has 19 heavy (non-hydrogen) atoms. The van der Waals surface area contributed by atoms with Crippen LogP contribution in [0.3, 0.4) is 0 Å². The minimum absolute atomic E-state index is 0.636. The van der Waals surface area contributed by atoms with Crippen LogP contribution in [0.2, 0.25) is 0 Å². The molecule has 6 heteroatoms. The number of halogens is 1. The van der Waals surface area contributed by atoms with Crippen molar-refractivity contribution >= 4 is 28.0 Å². The van der Waals surface area contributed by atoms with Gasteiger partial charge in [0, 0.05) is 13.1 Å². The van der Waals surface area contributed by atoms with Gasteiger partial charge in [-0.05, 0) is 39.7 Å². The molecule has 0 aliphatic heterocycles. The SMILES string of the molecule is Cn1cc(Oc2ccc(/C=C/C(=O)O)cc2Br)cn1. The number of nitrogens with zero attached hydrogens (tertiary/aromatic N) is 2. The molecule has 0 aliphatic carbocycles. The largest absolute Gasteiger partial charge is 0.478 e. The fraction of sp³-hybridized carbons (Fsp3) is 0.0769. The molecule has 0 saturated carbocycles. The Balaban J connectivity index is 2.17. The normalized spacial score (nSPS) is 10.8. The Bertz CT molecular complexity index is 635. The van der Waals surface area contributed by atoms with E-state index in [2.05, 4.69) is 21.0 Å². The van der Waals surface area contributed by atoms with Crippen molar-refractivity contribution in [3.05, 3.63) is 46.7 Å². The number of aromatic nitrogens is 2. The van der Waals surface area contributed by atoms with Crippen molar-refractivity contribution in [2.24, 2.45) is 7.05 Å². The number of ether oxygens (including phenoxy) is 1. The lowest BCUT2D eigenvalue weighted by Gasteiger charge is -2.06. The van der Waals surface area contributed by atoms with E-state index in [9.17, 15) is 4.79 Å². The van der Waals surface area contributed by atoms with Crippen molar-refractivity contribution in [3.8, 4) is 11.5 Å². The van der Waals surface area contributed by atoms with Gasteiger partial charge in [-0.3, -0.25) is 4.68 Å². The highest BCUT2D eigenvalue weighted by molar-refractivity contribution is 9.10. The van der Waals surface area contributed by atoms with Crippen molar-refractivity contribution < 1.29 is 14.6 Å². The number of aliphatic carboxylic acids is 1. The Morgan fingerprint density at radius 2 is 2.32 bits per heavy atom. The molecule has 2 rings (SSSR count). The van der Waals surface area contributed by atoms with Crippen molar-refractivity contribution in [1.29, 1.82) is 0 Å². The summed E-state index contributed by atoms with van der Waals surface area (Å²) < 4.78 is 8.03. The molecule has 0 bridgehead atoms. The van der Waals surface area contributed by atoms with Crippen LogP contribution in [0.5, 0.6) is 11.5 Å². The summed E-state index contributed by atoms with van der Waals surface area (Å²) in [5.41, 5.74) is 0.771. The molecule has 2 aromatic rings. The van der Waals surface area contributed by atoms with Crippen LogP contribution in [0.1, 0.15) is 5.56 Å². The topological polar surface area (TPSA) is 64.3 Å². The smallest absolute Gasteiger partial charge is 0.328 e. The fourth-order valence-corrected chi connectivity index (χ4v) is 1.93. The van der Waals surface area contributed by atoms with Gasteiger partial charge in [0.2, 0.25) is 0 Å². The second-order valence-corrected chi connectivity index (χ2v) is 4.67. The van der Waals surface area contributed by atoms with Crippen molar-refractivity contribution in [3.63, 3.8) is 0 Å². The van der Waals surface area contributed by atoms with Gasteiger partial charge in [0.05, 0.1) is 16.9 Å². The number of aryl methyl sites for hydroxylation is 1. The first-order valence-electron chi connectivity index (χ1n) is 5.41. The predicted molar refractivity (Wildman–Crippen MR) is 74.1 cm³/mol. The molecule has 98 valence electrons. The van der Waals surface area contributed by atoms with E-state index in [-0.39, 0.29) is 0 Å². The number of carboxylic acids is 1. The molecular weight excluding hydrogens is 312 g/mol. The summed E-state index contributed by atoms with van der Waals surface area (Å²) in [6.45, 7) is 0. The average Bonchev–Trinajstić information content (AvgIpc) is 2.75. The number of carbonyl (C=O) groups is 1. The molecule has 0 aliphatic rings. The predicted octanol–water partition coefficient (Wildman–Crippen LogP) is 3.07. The molecule has 0 radical (unpaired) electrons. The van der Waals surface area contributed by atoms with Crippen LogP contribution < -0.4 is 4.74 Å². The first-order valence-corrected chi connectivity index (χ1v) is 6.21. The number of carboxylic acid groups (broad SMARTS) is 1. The molecule has 5 nitrogen and oxygen atoms in total. The zero-order valence-corrected chi connectivity index (χ0v) is 11.7. The third-order valence-corrected chi connectivity index (χ3v) is 2.90. The van der Waals surface area contributed by atoms with E-state index in [1.54, 1.807) is 35.3 Å². The van der Waals surface area contributed by atoms with Gasteiger partial charge in [-0.1, -0.05) is 6.07 Å². The highest BCUT2D eigenvalue weighted by Crippen LogP contribution is 2.30. The molecule has 0 atom stereocenters. The molecule has 0 amide bonds. The molecule has 1 aromatic carbocycles. The Kier molecular flexibility index (Phi) is 4.01. The molecule has 1 N–H and O–H groups in total. The van der Waals surface area contributed by atoms with Gasteiger partial charge in [-0.15, -0.1) is 0 Å². The first kappa shape index (κ1) is 13.4. The van der Waals surface area contributed by atoms with Gasteiger partial charge in [-0.25, -0.2) is 4.79 Å². The van der Waals surface area contributed by atoms with Crippen LogP contribution in [0.15, 0.2) is 41.1 Å². The summed E-state index contributed by atoms with van der Waals surface area (Å²) in [7, 11) is 1.81. The average molecular weight is 323 g/mol. The third kappa shape index (κ3) is 3.69. The lowest BCUT2D eigenvalue weighted by atomic mass is 10.2. The first-order chi connectivity index (χ1) is 9.04. The summed E-state index contributed by atoms with van der Waals surface area (Å²) in [6.07, 6.45) is 5.97. The van der Waals surface area contributed by atoms with Crippen LogP contribution in [0, 0.1) is 0 Å². The summed E-state index contributed by atoms with van der Waals surface area (Å²) in [4.78, 5) is 10.4. The molecule has 1 aromatic heterocycles. The molecule has 0 unspecified atom stereocenters. The number of hydrogen-bond donors (Lipinski definition) is 1. The Morgan fingerprint density at radius 1 is 1.53 bits per heavy atom. The van der Waals surface area contributed by atoms with Gasteiger partial charge in [0.1, 0.15) is 5.75 Å². The van der Waals surface area contributed by atoms with E-state index in [4.69, 9.17) is 9.84 Å². The molecule has 0 fully saturated rings. The van der Waals surface area contributed by atoms with Crippen molar-refractivity contribution in [2.75, 3.05) is 0 Å². The maximum absolute atomic E-state index is 10.4. The third-order valence-electron chi connectivity index (χ3n) is 2.28. The van der Waals surface area contributed by atoms with Gasteiger partial charge < -0.3 is 9.84 Å². The van der Waals surface area contributed by atoms with Crippen LogP contribution in [0.25, 0.3) is 6.08 Å². The lowest BCUT2D eigenvalue weighted by Crippen LogP contribution is -1.87. The fourth-order valence-electron chi connectivity index (χ4n) is 1.45. The van der Waals surface area contributed by atoms with E-state index in [0.717, 1.165) is 16.1 Å². The zero-order valence-electron chi connectivity index (χ0n) is 10.1. The molecule has 0 spiro atoms. The quantitative estimate of drug-likeness (QED) is 0.878. The maximum atomic E-state index is 10.4. The van der Waals surface area contributed by atoms with E-state index in [1.807, 2.05) is 7.05 Å².